The number of carbonyl (C=O) groups is 3. The molecular weight excluding hydrogens is 500 g/mol. The zero-order valence-corrected chi connectivity index (χ0v) is 23.3. The second-order valence-corrected chi connectivity index (χ2v) is 10.6. The fraction of sp³-hybridized carbons (Fsp3) is 0.645. The number of ether oxygens (including phenoxy) is 2. The summed E-state index contributed by atoms with van der Waals surface area (Å²) in [4.78, 5) is 34.8. The van der Waals surface area contributed by atoms with Gasteiger partial charge in [-0.1, -0.05) is 69.0 Å². The van der Waals surface area contributed by atoms with E-state index in [-0.39, 0.29) is 36.8 Å². The van der Waals surface area contributed by atoms with Crippen LogP contribution in [-0.2, 0) is 32.3 Å². The second kappa shape index (κ2) is 18.6. The van der Waals surface area contributed by atoms with Gasteiger partial charge in [0.2, 0.25) is 0 Å². The molecule has 0 unspecified atom stereocenters. The van der Waals surface area contributed by atoms with Crippen molar-refractivity contribution in [3.8, 4) is 0 Å². The number of carbonyl (C=O) groups excluding carboxylic acids is 2. The molecule has 0 amide bonds. The van der Waals surface area contributed by atoms with Gasteiger partial charge in [-0.05, 0) is 61.5 Å². The van der Waals surface area contributed by atoms with E-state index in [1.54, 1.807) is 24.3 Å². The zero-order valence-electron chi connectivity index (χ0n) is 23.3. The zero-order chi connectivity index (χ0) is 28.5. The maximum absolute atomic E-state index is 12.3. The van der Waals surface area contributed by atoms with Gasteiger partial charge in [0.25, 0.3) is 0 Å². The average molecular weight is 547 g/mol. The van der Waals surface area contributed by atoms with Crippen molar-refractivity contribution in [2.24, 2.45) is 11.8 Å². The first-order valence-electron chi connectivity index (χ1n) is 14.4. The molecule has 1 aliphatic rings. The lowest BCUT2D eigenvalue weighted by atomic mass is 9.86. The summed E-state index contributed by atoms with van der Waals surface area (Å²) in [6, 6.07) is 7.00. The summed E-state index contributed by atoms with van der Waals surface area (Å²) in [7, 11) is 0. The van der Waals surface area contributed by atoms with E-state index < -0.39 is 18.4 Å². The van der Waals surface area contributed by atoms with Gasteiger partial charge < -0.3 is 24.8 Å². The Labute approximate surface area is 232 Å². The molecule has 0 aliphatic heterocycles. The Morgan fingerprint density at radius 1 is 0.821 bits per heavy atom. The normalized spacial score (nSPS) is 20.8. The van der Waals surface area contributed by atoms with Crippen molar-refractivity contribution >= 4 is 17.9 Å². The molecule has 218 valence electrons. The predicted octanol–water partition coefficient (Wildman–Crippen LogP) is 6.11. The van der Waals surface area contributed by atoms with Crippen molar-refractivity contribution in [1.29, 1.82) is 0 Å². The molecule has 1 aromatic rings. The van der Waals surface area contributed by atoms with Crippen molar-refractivity contribution in [2.75, 3.05) is 0 Å². The van der Waals surface area contributed by atoms with Crippen LogP contribution < -0.4 is 0 Å². The lowest BCUT2D eigenvalue weighted by molar-refractivity contribution is -0.145. The number of aliphatic hydroxyl groups excluding tert-OH is 2. The summed E-state index contributed by atoms with van der Waals surface area (Å²) in [5.41, 5.74) is 1.52. The first kappa shape index (κ1) is 32.5. The summed E-state index contributed by atoms with van der Waals surface area (Å²) < 4.78 is 9.82. The van der Waals surface area contributed by atoms with Gasteiger partial charge in [-0.25, -0.2) is 4.79 Å². The first-order valence-corrected chi connectivity index (χ1v) is 14.4. The summed E-state index contributed by atoms with van der Waals surface area (Å²) in [6.07, 6.45) is 11.5. The Bertz CT molecular complexity index is 894. The highest BCUT2D eigenvalue weighted by atomic mass is 16.7. The number of allylic oxidation sites excluding steroid dienone is 2. The van der Waals surface area contributed by atoms with Crippen LogP contribution >= 0.6 is 0 Å². The predicted molar refractivity (Wildman–Crippen MR) is 148 cm³/mol. The van der Waals surface area contributed by atoms with Crippen LogP contribution in [0.3, 0.4) is 0 Å². The van der Waals surface area contributed by atoms with Crippen molar-refractivity contribution in [3.05, 3.63) is 47.5 Å². The molecule has 39 heavy (non-hydrogen) atoms. The van der Waals surface area contributed by atoms with Crippen molar-refractivity contribution < 1.29 is 39.2 Å². The number of hydrogen-bond donors (Lipinski definition) is 3. The van der Waals surface area contributed by atoms with Crippen LogP contribution in [0.4, 0.5) is 4.79 Å². The Morgan fingerprint density at radius 3 is 2.13 bits per heavy atom. The second-order valence-electron chi connectivity index (χ2n) is 10.6. The minimum absolute atomic E-state index is 0.0250. The third-order valence-electron chi connectivity index (χ3n) is 7.45. The SMILES string of the molecule is CCCCCCCC(=O)CC[C@@H]1[C@@H](C/C=C\CCCC(=O)OCc2ccc(COC(=O)O)cc2)[C@@H](O)C[C@H]1O. The molecule has 4 atom stereocenters. The van der Waals surface area contributed by atoms with Crippen LogP contribution in [0.1, 0.15) is 102 Å². The number of benzene rings is 1. The minimum atomic E-state index is -1.33. The topological polar surface area (TPSA) is 130 Å². The van der Waals surface area contributed by atoms with E-state index in [2.05, 4.69) is 11.7 Å². The van der Waals surface area contributed by atoms with Crippen LogP contribution in [0.25, 0.3) is 0 Å². The lowest BCUT2D eigenvalue weighted by Gasteiger charge is -2.22. The van der Waals surface area contributed by atoms with Gasteiger partial charge >= 0.3 is 12.1 Å². The number of rotatable bonds is 19. The van der Waals surface area contributed by atoms with Gasteiger partial charge in [0.1, 0.15) is 19.0 Å². The Balaban J connectivity index is 1.62. The molecule has 0 saturated heterocycles. The molecule has 3 N–H and O–H groups in total. The molecule has 0 bridgehead atoms. The highest BCUT2D eigenvalue weighted by molar-refractivity contribution is 5.78. The van der Waals surface area contributed by atoms with E-state index in [4.69, 9.17) is 9.84 Å². The fourth-order valence-electron chi connectivity index (χ4n) is 5.13. The summed E-state index contributed by atoms with van der Waals surface area (Å²) >= 11 is 0. The number of unbranched alkanes of at least 4 members (excludes halogenated alkanes) is 5. The van der Waals surface area contributed by atoms with Gasteiger partial charge in [-0.15, -0.1) is 0 Å². The number of aliphatic hydroxyl groups is 2. The standard InChI is InChI=1S/C31H46O8/c1-2-3-4-5-8-11-25(32)18-19-27-26(28(33)20-29(27)34)12-9-6-7-10-13-30(35)38-21-23-14-16-24(17-15-23)22-39-31(36)37/h6,9,14-17,26-29,33-34H,2-5,7-8,10-13,18-22H2,1H3,(H,36,37)/b9-6-/t26-,27-,28+,29-/m1/s1. The molecule has 0 spiro atoms. The summed E-state index contributed by atoms with van der Waals surface area (Å²) in [5.74, 6) is -0.155. The highest BCUT2D eigenvalue weighted by Gasteiger charge is 2.40. The Hall–Kier alpha value is -2.71. The van der Waals surface area contributed by atoms with Crippen molar-refractivity contribution in [2.45, 2.75) is 116 Å². The van der Waals surface area contributed by atoms with E-state index in [1.165, 1.54) is 19.3 Å². The monoisotopic (exact) mass is 546 g/mol. The largest absolute Gasteiger partial charge is 0.506 e. The maximum atomic E-state index is 12.3. The van der Waals surface area contributed by atoms with Crippen LogP contribution in [0.15, 0.2) is 36.4 Å². The van der Waals surface area contributed by atoms with Crippen molar-refractivity contribution in [1.82, 2.24) is 0 Å². The van der Waals surface area contributed by atoms with Gasteiger partial charge in [-0.3, -0.25) is 9.59 Å². The van der Waals surface area contributed by atoms with E-state index in [0.29, 0.717) is 56.9 Å². The van der Waals surface area contributed by atoms with E-state index in [9.17, 15) is 24.6 Å². The van der Waals surface area contributed by atoms with Crippen LogP contribution in [0, 0.1) is 11.8 Å². The smallest absolute Gasteiger partial charge is 0.461 e. The van der Waals surface area contributed by atoms with Crippen molar-refractivity contribution in [3.63, 3.8) is 0 Å². The Kier molecular flexibility index (Phi) is 15.5. The average Bonchev–Trinajstić information content (AvgIpc) is 3.18. The third-order valence-corrected chi connectivity index (χ3v) is 7.45. The molecule has 1 saturated carbocycles. The molecule has 1 aliphatic carbocycles. The number of esters is 1. The van der Waals surface area contributed by atoms with Gasteiger partial charge in [0.15, 0.2) is 0 Å². The third kappa shape index (κ3) is 13.3. The van der Waals surface area contributed by atoms with Crippen LogP contribution in [0.2, 0.25) is 0 Å². The molecule has 8 nitrogen and oxygen atoms in total. The van der Waals surface area contributed by atoms with E-state index >= 15 is 0 Å². The summed E-state index contributed by atoms with van der Waals surface area (Å²) in [6.45, 7) is 2.30. The molecular formula is C31H46O8. The molecule has 0 aromatic heterocycles. The molecule has 1 aromatic carbocycles. The number of Topliss-reactive ketones (excluding diaryl/α,β-unsaturated/α-hetero) is 1. The van der Waals surface area contributed by atoms with Crippen LogP contribution in [0.5, 0.6) is 0 Å². The first-order chi connectivity index (χ1) is 18.8. The molecule has 0 radical (unpaired) electrons. The summed E-state index contributed by atoms with van der Waals surface area (Å²) in [5, 5.41) is 29.4. The molecule has 2 rings (SSSR count). The number of carboxylic acid groups (broad SMARTS) is 1. The number of ketones is 1. The van der Waals surface area contributed by atoms with Crippen LogP contribution in [-0.4, -0.2) is 45.4 Å². The lowest BCUT2D eigenvalue weighted by Crippen LogP contribution is -2.22. The van der Waals surface area contributed by atoms with E-state index in [1.807, 2.05) is 12.2 Å². The maximum Gasteiger partial charge on any atom is 0.506 e. The van der Waals surface area contributed by atoms with Gasteiger partial charge in [0.05, 0.1) is 12.2 Å². The highest BCUT2D eigenvalue weighted by Crippen LogP contribution is 2.38. The minimum Gasteiger partial charge on any atom is -0.461 e. The van der Waals surface area contributed by atoms with Gasteiger partial charge in [-0.2, -0.15) is 0 Å². The number of hydrogen-bond acceptors (Lipinski definition) is 7. The fourth-order valence-corrected chi connectivity index (χ4v) is 5.13. The van der Waals surface area contributed by atoms with E-state index in [0.717, 1.165) is 18.4 Å². The molecule has 1 fully saturated rings. The quantitative estimate of drug-likeness (QED) is 0.108. The van der Waals surface area contributed by atoms with Gasteiger partial charge in [0, 0.05) is 19.3 Å². The Morgan fingerprint density at radius 2 is 1.46 bits per heavy atom. The molecule has 8 heteroatoms. The molecule has 0 heterocycles.